The van der Waals surface area contributed by atoms with Crippen LogP contribution in [0.3, 0.4) is 0 Å². The molecular weight excluding hydrogens is 370 g/mol. The Balaban J connectivity index is 1.51. The number of hydrogen-bond donors (Lipinski definition) is 3. The summed E-state index contributed by atoms with van der Waals surface area (Å²) >= 11 is 0. The van der Waals surface area contributed by atoms with Crippen LogP contribution < -0.4 is 10.6 Å². The number of aromatic nitrogens is 1. The summed E-state index contributed by atoms with van der Waals surface area (Å²) in [4.78, 5) is 30.8. The van der Waals surface area contributed by atoms with Crippen molar-refractivity contribution in [3.8, 4) is 0 Å². The highest BCUT2D eigenvalue weighted by atomic mass is 19.1. The molecule has 1 fully saturated rings. The summed E-state index contributed by atoms with van der Waals surface area (Å²) in [7, 11) is 0. The second-order valence-corrected chi connectivity index (χ2v) is 6.92. The van der Waals surface area contributed by atoms with Gasteiger partial charge in [-0.25, -0.2) is 13.6 Å². The minimum atomic E-state index is -1.05. The van der Waals surface area contributed by atoms with Crippen LogP contribution in [0.5, 0.6) is 0 Å². The van der Waals surface area contributed by atoms with E-state index in [9.17, 15) is 23.5 Å². The first-order chi connectivity index (χ1) is 13.4. The number of pyridine rings is 1. The molecule has 1 atom stereocenters. The third kappa shape index (κ3) is 3.07. The minimum absolute atomic E-state index is 0.0338. The normalized spacial score (nSPS) is 17.7. The Labute approximate surface area is 159 Å². The zero-order chi connectivity index (χ0) is 19.9. The molecule has 9 heteroatoms. The van der Waals surface area contributed by atoms with Gasteiger partial charge >= 0.3 is 6.03 Å². The third-order valence-corrected chi connectivity index (χ3v) is 5.13. The van der Waals surface area contributed by atoms with Gasteiger partial charge in [0.05, 0.1) is 29.6 Å². The molecule has 7 nitrogen and oxygen atoms in total. The highest BCUT2D eigenvalue weighted by Crippen LogP contribution is 2.54. The number of nitrogens with zero attached hydrogens (tertiary/aromatic N) is 2. The van der Waals surface area contributed by atoms with E-state index >= 15 is 0 Å². The average molecular weight is 388 g/mol. The first kappa shape index (κ1) is 18.3. The summed E-state index contributed by atoms with van der Waals surface area (Å²) in [6.07, 6.45) is 3.01. The number of rotatable bonds is 5. The topological polar surface area (TPSA) is 94.6 Å². The van der Waals surface area contributed by atoms with E-state index in [1.165, 1.54) is 11.0 Å². The quantitative estimate of drug-likeness (QED) is 0.731. The van der Waals surface area contributed by atoms with Crippen molar-refractivity contribution < 1.29 is 23.5 Å². The number of carbonyl (C=O) groups is 2. The van der Waals surface area contributed by atoms with E-state index in [4.69, 9.17) is 0 Å². The summed E-state index contributed by atoms with van der Waals surface area (Å²) in [5, 5.41) is 14.8. The predicted octanol–water partition coefficient (Wildman–Crippen LogP) is 2.05. The number of nitrogens with one attached hydrogen (secondary N) is 2. The van der Waals surface area contributed by atoms with Gasteiger partial charge in [-0.05, 0) is 31.0 Å². The number of hydrogen-bond acceptors (Lipinski definition) is 4. The summed E-state index contributed by atoms with van der Waals surface area (Å²) in [5.74, 6) is -2.19. The molecule has 0 unspecified atom stereocenters. The lowest BCUT2D eigenvalue weighted by atomic mass is 10.0. The van der Waals surface area contributed by atoms with E-state index in [2.05, 4.69) is 15.6 Å². The maximum absolute atomic E-state index is 14.0. The number of carbonyl (C=O) groups excluding carboxylic acids is 2. The van der Waals surface area contributed by atoms with Crippen LogP contribution in [0.15, 0.2) is 36.5 Å². The van der Waals surface area contributed by atoms with E-state index in [0.717, 1.165) is 6.07 Å². The summed E-state index contributed by atoms with van der Waals surface area (Å²) in [6, 6.07) is 4.92. The van der Waals surface area contributed by atoms with E-state index < -0.39 is 41.8 Å². The molecule has 28 heavy (non-hydrogen) atoms. The zero-order valence-corrected chi connectivity index (χ0v) is 14.8. The highest BCUT2D eigenvalue weighted by molar-refractivity contribution is 5.96. The first-order valence-corrected chi connectivity index (χ1v) is 8.84. The monoisotopic (exact) mass is 388 g/mol. The lowest BCUT2D eigenvalue weighted by molar-refractivity contribution is -0.123. The SMILES string of the molecule is O=C(CN1C(=O)Nc2cccnc2C12CC2)N[C@H](CO)c1ccc(F)cc1F. The van der Waals surface area contributed by atoms with Crippen molar-refractivity contribution >= 4 is 17.6 Å². The van der Waals surface area contributed by atoms with Crippen molar-refractivity contribution in [2.75, 3.05) is 18.5 Å². The van der Waals surface area contributed by atoms with E-state index in [-0.39, 0.29) is 12.1 Å². The molecule has 0 radical (unpaired) electrons. The minimum Gasteiger partial charge on any atom is -0.394 e. The molecule has 1 aromatic heterocycles. The van der Waals surface area contributed by atoms with Crippen molar-refractivity contribution in [1.29, 1.82) is 0 Å². The molecule has 2 heterocycles. The maximum atomic E-state index is 14.0. The largest absolute Gasteiger partial charge is 0.394 e. The standard InChI is InChI=1S/C19H18F2N4O3/c20-11-3-4-12(13(21)8-11)15(10-26)23-16(27)9-25-18(28)24-14-2-1-7-22-17(14)19(25)5-6-19/h1-4,7-8,15,26H,5-6,9-10H2,(H,23,27)(H,24,28)/t15-/m1/s1. The van der Waals surface area contributed by atoms with Gasteiger partial charge in [-0.15, -0.1) is 0 Å². The molecule has 146 valence electrons. The van der Waals surface area contributed by atoms with Crippen molar-refractivity contribution in [3.05, 3.63) is 59.4 Å². The van der Waals surface area contributed by atoms with E-state index in [0.29, 0.717) is 30.3 Å². The lowest BCUT2D eigenvalue weighted by Crippen LogP contribution is -2.52. The molecule has 3 N–H and O–H groups in total. The molecule has 2 aliphatic rings. The Bertz CT molecular complexity index is 949. The van der Waals surface area contributed by atoms with Gasteiger partial charge in [0.1, 0.15) is 18.2 Å². The number of urea groups is 1. The smallest absolute Gasteiger partial charge is 0.323 e. The Kier molecular flexibility index (Phi) is 4.46. The van der Waals surface area contributed by atoms with E-state index in [1.807, 2.05) is 0 Å². The van der Waals surface area contributed by atoms with Crippen LogP contribution in [0.1, 0.15) is 30.1 Å². The predicted molar refractivity (Wildman–Crippen MR) is 95.2 cm³/mol. The molecule has 3 amide bonds. The van der Waals surface area contributed by atoms with Crippen molar-refractivity contribution in [2.45, 2.75) is 24.4 Å². The van der Waals surface area contributed by atoms with Crippen LogP contribution in [0.2, 0.25) is 0 Å². The van der Waals surface area contributed by atoms with Gasteiger partial charge in [0.25, 0.3) is 0 Å². The first-order valence-electron chi connectivity index (χ1n) is 8.84. The van der Waals surface area contributed by atoms with Gasteiger partial charge in [-0.3, -0.25) is 9.78 Å². The number of halogens is 2. The highest BCUT2D eigenvalue weighted by Gasteiger charge is 2.56. The molecule has 1 aliphatic heterocycles. The summed E-state index contributed by atoms with van der Waals surface area (Å²) < 4.78 is 27.1. The molecule has 1 aromatic carbocycles. The lowest BCUT2D eigenvalue weighted by Gasteiger charge is -2.36. The Morgan fingerprint density at radius 1 is 1.36 bits per heavy atom. The zero-order valence-electron chi connectivity index (χ0n) is 14.8. The molecule has 1 aliphatic carbocycles. The van der Waals surface area contributed by atoms with Crippen LogP contribution in [0, 0.1) is 11.6 Å². The molecule has 0 bridgehead atoms. The van der Waals surface area contributed by atoms with Gasteiger partial charge in [-0.1, -0.05) is 6.07 Å². The van der Waals surface area contributed by atoms with Crippen LogP contribution in [0.4, 0.5) is 19.3 Å². The second kappa shape index (κ2) is 6.83. The molecule has 4 rings (SSSR count). The van der Waals surface area contributed by atoms with Crippen molar-refractivity contribution in [1.82, 2.24) is 15.2 Å². The number of anilines is 1. The van der Waals surface area contributed by atoms with Gasteiger partial charge < -0.3 is 20.6 Å². The summed E-state index contributed by atoms with van der Waals surface area (Å²) in [6.45, 7) is -0.850. The van der Waals surface area contributed by atoms with Gasteiger partial charge in [0.15, 0.2) is 0 Å². The maximum Gasteiger partial charge on any atom is 0.323 e. The van der Waals surface area contributed by atoms with Crippen molar-refractivity contribution in [2.24, 2.45) is 0 Å². The van der Waals surface area contributed by atoms with Crippen LogP contribution >= 0.6 is 0 Å². The second-order valence-electron chi connectivity index (χ2n) is 6.92. The molecule has 1 saturated carbocycles. The number of fused-ring (bicyclic) bond motifs is 2. The van der Waals surface area contributed by atoms with E-state index in [1.54, 1.807) is 18.3 Å². The molecule has 2 aromatic rings. The number of aliphatic hydroxyl groups is 1. The van der Waals surface area contributed by atoms with Crippen molar-refractivity contribution in [3.63, 3.8) is 0 Å². The fourth-order valence-electron chi connectivity index (χ4n) is 3.62. The fourth-order valence-corrected chi connectivity index (χ4v) is 3.62. The Hall–Kier alpha value is -3.07. The summed E-state index contributed by atoms with van der Waals surface area (Å²) in [5.41, 5.74) is 0.689. The van der Waals surface area contributed by atoms with Crippen LogP contribution in [-0.2, 0) is 10.3 Å². The number of benzene rings is 1. The number of amides is 3. The van der Waals surface area contributed by atoms with Gasteiger partial charge in [0, 0.05) is 17.8 Å². The molecule has 0 saturated heterocycles. The van der Waals surface area contributed by atoms with Crippen LogP contribution in [0.25, 0.3) is 0 Å². The van der Waals surface area contributed by atoms with Gasteiger partial charge in [-0.2, -0.15) is 0 Å². The number of aliphatic hydroxyl groups excluding tert-OH is 1. The Morgan fingerprint density at radius 2 is 2.14 bits per heavy atom. The third-order valence-electron chi connectivity index (χ3n) is 5.13. The molecule has 1 spiro atoms. The fraction of sp³-hybridized carbons (Fsp3) is 0.316. The van der Waals surface area contributed by atoms with Gasteiger partial charge in [0.2, 0.25) is 5.91 Å². The average Bonchev–Trinajstić information content (AvgIpc) is 3.45. The van der Waals surface area contributed by atoms with Crippen LogP contribution in [-0.4, -0.2) is 40.1 Å². The Morgan fingerprint density at radius 3 is 2.82 bits per heavy atom. The molecular formula is C19H18F2N4O3.